The van der Waals surface area contributed by atoms with Crippen LogP contribution in [0.3, 0.4) is 0 Å². The molecule has 3 rings (SSSR count). The number of hydrogen-bond acceptors (Lipinski definition) is 7. The number of nitrogens with zero attached hydrogens (tertiary/aromatic N) is 3. The van der Waals surface area contributed by atoms with E-state index in [0.29, 0.717) is 5.69 Å². The van der Waals surface area contributed by atoms with Crippen LogP contribution in [-0.4, -0.2) is 24.5 Å². The summed E-state index contributed by atoms with van der Waals surface area (Å²) in [6.07, 6.45) is 4.67. The van der Waals surface area contributed by atoms with Crippen molar-refractivity contribution in [1.29, 1.82) is 0 Å². The zero-order valence-electron chi connectivity index (χ0n) is 16.2. The highest BCUT2D eigenvalue weighted by Crippen LogP contribution is 2.29. The lowest BCUT2D eigenvalue weighted by Crippen LogP contribution is -2.16. The number of benzene rings is 2. The minimum absolute atomic E-state index is 0.100. The number of nitro groups is 1. The van der Waals surface area contributed by atoms with Gasteiger partial charge in [0.25, 0.3) is 15.7 Å². The highest BCUT2D eigenvalue weighted by atomic mass is 32.2. The molecule has 154 valence electrons. The zero-order chi connectivity index (χ0) is 21.7. The molecule has 0 aliphatic heterocycles. The van der Waals surface area contributed by atoms with Gasteiger partial charge < -0.3 is 0 Å². The third kappa shape index (κ3) is 4.97. The van der Waals surface area contributed by atoms with Crippen molar-refractivity contribution < 1.29 is 13.3 Å². The molecule has 0 bridgehead atoms. The number of non-ortho nitro benzene ring substituents is 1. The Morgan fingerprint density at radius 2 is 1.73 bits per heavy atom. The Labute approximate surface area is 173 Å². The molecule has 1 aromatic heterocycles. The van der Waals surface area contributed by atoms with Crippen molar-refractivity contribution in [3.8, 4) is 0 Å². The van der Waals surface area contributed by atoms with E-state index < -0.39 is 14.9 Å². The molecule has 1 heterocycles. The number of nitrogens with one attached hydrogen (secondary N) is 2. The SMILES string of the molecule is Cc1ccc(NS(=O)(=O)c2cc([N+](=O)[O-])ccc2N/N=C\c2ccncc2)c(C)c1. The van der Waals surface area contributed by atoms with E-state index in [9.17, 15) is 18.5 Å². The largest absolute Gasteiger partial charge is 0.279 e. The first-order valence-electron chi connectivity index (χ1n) is 8.84. The summed E-state index contributed by atoms with van der Waals surface area (Å²) < 4.78 is 28.6. The Hall–Kier alpha value is -3.79. The predicted octanol–water partition coefficient (Wildman–Crippen LogP) is 3.85. The van der Waals surface area contributed by atoms with Crippen molar-refractivity contribution >= 4 is 33.3 Å². The molecule has 0 radical (unpaired) electrons. The number of pyridine rings is 1. The lowest BCUT2D eigenvalue weighted by atomic mass is 10.1. The molecule has 0 fully saturated rings. The summed E-state index contributed by atoms with van der Waals surface area (Å²) in [6.45, 7) is 3.67. The van der Waals surface area contributed by atoms with Gasteiger partial charge in [-0.2, -0.15) is 5.10 Å². The van der Waals surface area contributed by atoms with Crippen molar-refractivity contribution in [3.05, 3.63) is 87.7 Å². The van der Waals surface area contributed by atoms with Gasteiger partial charge >= 0.3 is 0 Å². The average Bonchev–Trinajstić information content (AvgIpc) is 2.71. The monoisotopic (exact) mass is 425 g/mol. The third-order valence-corrected chi connectivity index (χ3v) is 5.60. The fourth-order valence-electron chi connectivity index (χ4n) is 2.69. The van der Waals surface area contributed by atoms with Gasteiger partial charge in [0, 0.05) is 24.5 Å². The quantitative estimate of drug-likeness (QED) is 0.336. The molecule has 9 nitrogen and oxygen atoms in total. The van der Waals surface area contributed by atoms with Gasteiger partial charge in [0.05, 0.1) is 22.5 Å². The third-order valence-electron chi connectivity index (χ3n) is 4.20. The molecule has 2 aromatic carbocycles. The topological polar surface area (TPSA) is 127 Å². The van der Waals surface area contributed by atoms with Crippen molar-refractivity contribution in [2.75, 3.05) is 10.1 Å². The summed E-state index contributed by atoms with van der Waals surface area (Å²) in [6, 6.07) is 12.2. The molecule has 0 spiro atoms. The zero-order valence-corrected chi connectivity index (χ0v) is 17.1. The number of rotatable bonds is 7. The first kappa shape index (κ1) is 20.9. The normalized spacial score (nSPS) is 11.4. The lowest BCUT2D eigenvalue weighted by molar-refractivity contribution is -0.385. The molecular weight excluding hydrogens is 406 g/mol. The Bertz CT molecular complexity index is 1210. The second kappa shape index (κ2) is 8.70. The van der Waals surface area contributed by atoms with Crippen LogP contribution >= 0.6 is 0 Å². The van der Waals surface area contributed by atoms with E-state index in [1.54, 1.807) is 43.6 Å². The second-order valence-electron chi connectivity index (χ2n) is 6.51. The van der Waals surface area contributed by atoms with Crippen LogP contribution < -0.4 is 10.1 Å². The maximum Gasteiger partial charge on any atom is 0.270 e. The molecule has 0 aliphatic rings. The molecule has 0 saturated carbocycles. The van der Waals surface area contributed by atoms with E-state index in [-0.39, 0.29) is 16.3 Å². The summed E-state index contributed by atoms with van der Waals surface area (Å²) in [5.74, 6) is 0. The van der Waals surface area contributed by atoms with Gasteiger partial charge in [-0.05, 0) is 49.2 Å². The standard InChI is InChI=1S/C20H19N5O4S/c1-14-3-5-18(15(2)11-14)24-30(28,29)20-12-17(25(26)27)4-6-19(20)23-22-13-16-7-9-21-10-8-16/h3-13,23-24H,1-2H3/b22-13-. The van der Waals surface area contributed by atoms with Gasteiger partial charge in [0.1, 0.15) is 4.90 Å². The second-order valence-corrected chi connectivity index (χ2v) is 8.16. The smallest absolute Gasteiger partial charge is 0.270 e. The molecule has 0 saturated heterocycles. The lowest BCUT2D eigenvalue weighted by Gasteiger charge is -2.14. The van der Waals surface area contributed by atoms with E-state index in [1.807, 2.05) is 13.0 Å². The minimum atomic E-state index is -4.13. The van der Waals surface area contributed by atoms with Crippen molar-refractivity contribution in [2.24, 2.45) is 5.10 Å². The average molecular weight is 425 g/mol. The molecule has 0 atom stereocenters. The van der Waals surface area contributed by atoms with Crippen molar-refractivity contribution in [1.82, 2.24) is 4.98 Å². The molecular formula is C20H19N5O4S. The number of sulfonamides is 1. The van der Waals surface area contributed by atoms with Crippen LogP contribution in [0.1, 0.15) is 16.7 Å². The van der Waals surface area contributed by atoms with E-state index in [2.05, 4.69) is 20.2 Å². The van der Waals surface area contributed by atoms with Gasteiger partial charge in [-0.25, -0.2) is 8.42 Å². The molecule has 2 N–H and O–H groups in total. The van der Waals surface area contributed by atoms with Crippen LogP contribution in [0.5, 0.6) is 0 Å². The highest BCUT2D eigenvalue weighted by Gasteiger charge is 2.23. The van der Waals surface area contributed by atoms with Crippen molar-refractivity contribution in [3.63, 3.8) is 0 Å². The summed E-state index contributed by atoms with van der Waals surface area (Å²) in [4.78, 5) is 14.1. The van der Waals surface area contributed by atoms with Gasteiger partial charge in [0.15, 0.2) is 0 Å². The molecule has 0 amide bonds. The molecule has 10 heteroatoms. The Morgan fingerprint density at radius 3 is 2.40 bits per heavy atom. The minimum Gasteiger partial charge on any atom is -0.279 e. The maximum atomic E-state index is 13.0. The fraction of sp³-hybridized carbons (Fsp3) is 0.100. The molecule has 3 aromatic rings. The number of aryl methyl sites for hydroxylation is 2. The van der Waals surface area contributed by atoms with Crippen LogP contribution in [0.15, 0.2) is 70.9 Å². The maximum absolute atomic E-state index is 13.0. The predicted molar refractivity (Wildman–Crippen MR) is 115 cm³/mol. The van der Waals surface area contributed by atoms with Gasteiger partial charge in [-0.3, -0.25) is 25.2 Å². The molecule has 0 unspecified atom stereocenters. The summed E-state index contributed by atoms with van der Waals surface area (Å²) in [5.41, 5.74) is 5.25. The van der Waals surface area contributed by atoms with E-state index in [0.717, 1.165) is 22.8 Å². The Kier molecular flexibility index (Phi) is 6.07. The number of aromatic nitrogens is 1. The highest BCUT2D eigenvalue weighted by molar-refractivity contribution is 7.92. The van der Waals surface area contributed by atoms with Gasteiger partial charge in [-0.15, -0.1) is 0 Å². The number of hydrogen-bond donors (Lipinski definition) is 2. The van der Waals surface area contributed by atoms with E-state index in [4.69, 9.17) is 0 Å². The Morgan fingerprint density at radius 1 is 1.03 bits per heavy atom. The fourth-order valence-corrected chi connectivity index (χ4v) is 4.00. The van der Waals surface area contributed by atoms with Gasteiger partial charge in [0.2, 0.25) is 0 Å². The van der Waals surface area contributed by atoms with Gasteiger partial charge in [-0.1, -0.05) is 17.7 Å². The van der Waals surface area contributed by atoms with E-state index in [1.165, 1.54) is 18.3 Å². The van der Waals surface area contributed by atoms with Crippen LogP contribution in [0.25, 0.3) is 0 Å². The summed E-state index contributed by atoms with van der Waals surface area (Å²) in [7, 11) is -4.13. The Balaban J connectivity index is 1.96. The first-order chi connectivity index (χ1) is 14.3. The molecule has 0 aliphatic carbocycles. The van der Waals surface area contributed by atoms with Crippen LogP contribution in [0, 0.1) is 24.0 Å². The van der Waals surface area contributed by atoms with Crippen LogP contribution in [0.2, 0.25) is 0 Å². The summed E-state index contributed by atoms with van der Waals surface area (Å²) >= 11 is 0. The first-order valence-corrected chi connectivity index (χ1v) is 10.3. The number of anilines is 2. The number of nitro benzene ring substituents is 1. The van der Waals surface area contributed by atoms with E-state index >= 15 is 0 Å². The van der Waals surface area contributed by atoms with Crippen molar-refractivity contribution in [2.45, 2.75) is 18.7 Å². The number of hydrazone groups is 1. The summed E-state index contributed by atoms with van der Waals surface area (Å²) in [5, 5.41) is 15.2. The molecule has 30 heavy (non-hydrogen) atoms. The van der Waals surface area contributed by atoms with Crippen LogP contribution in [-0.2, 0) is 10.0 Å². The van der Waals surface area contributed by atoms with Crippen LogP contribution in [0.4, 0.5) is 17.1 Å².